The fourth-order valence-electron chi connectivity index (χ4n) is 1.78. The number of hydrogen-bond donors (Lipinski definition) is 2. The number of aromatic nitrogens is 1. The van der Waals surface area contributed by atoms with Gasteiger partial charge in [0.2, 0.25) is 0 Å². The van der Waals surface area contributed by atoms with Crippen LogP contribution in [0.1, 0.15) is 16.1 Å². The number of nitrogens with zero attached hydrogens (tertiary/aromatic N) is 1. The van der Waals surface area contributed by atoms with Crippen molar-refractivity contribution in [2.45, 2.75) is 13.0 Å². The normalized spacial score (nSPS) is 10.2. The molecule has 88 valence electrons. The van der Waals surface area contributed by atoms with Crippen LogP contribution in [0.3, 0.4) is 0 Å². The number of aryl methyl sites for hydroxylation is 2. The molecule has 1 amide bonds. The van der Waals surface area contributed by atoms with Gasteiger partial charge in [0.05, 0.1) is 0 Å². The van der Waals surface area contributed by atoms with E-state index in [1.54, 1.807) is 6.07 Å². The average molecular weight is 229 g/mol. The third kappa shape index (κ3) is 2.73. The topological polar surface area (TPSA) is 60.0 Å². The number of rotatable bonds is 4. The van der Waals surface area contributed by atoms with Gasteiger partial charge in [0.1, 0.15) is 5.69 Å². The molecule has 2 aromatic rings. The molecule has 0 bridgehead atoms. The number of hydrogen-bond acceptors (Lipinski definition) is 2. The molecule has 0 saturated carbocycles. The van der Waals surface area contributed by atoms with E-state index in [2.05, 4.69) is 17.6 Å². The molecule has 0 unspecified atom stereocenters. The molecule has 2 rings (SSSR count). The third-order valence-electron chi connectivity index (χ3n) is 2.68. The molecule has 4 nitrogen and oxygen atoms in total. The summed E-state index contributed by atoms with van der Waals surface area (Å²) in [5.74, 6) is 4.87. The van der Waals surface area contributed by atoms with Gasteiger partial charge in [-0.3, -0.25) is 10.2 Å². The molecule has 1 aromatic carbocycles. The van der Waals surface area contributed by atoms with E-state index in [0.29, 0.717) is 5.69 Å². The SMILES string of the molecule is NNC(=O)c1cccn1CCc1ccccc1. The Morgan fingerprint density at radius 1 is 1.18 bits per heavy atom. The first-order valence-corrected chi connectivity index (χ1v) is 5.51. The number of carbonyl (C=O) groups is 1. The Hall–Kier alpha value is -2.07. The van der Waals surface area contributed by atoms with E-state index in [0.717, 1.165) is 13.0 Å². The lowest BCUT2D eigenvalue weighted by Gasteiger charge is -2.07. The standard InChI is InChI=1S/C13H15N3O/c14-15-13(17)12-7-4-9-16(12)10-8-11-5-2-1-3-6-11/h1-7,9H,8,10,14H2,(H,15,17). The van der Waals surface area contributed by atoms with Crippen LogP contribution in [0.15, 0.2) is 48.7 Å². The van der Waals surface area contributed by atoms with Gasteiger partial charge in [-0.2, -0.15) is 0 Å². The number of nitrogens with two attached hydrogens (primary N) is 1. The van der Waals surface area contributed by atoms with Crippen LogP contribution in [0.25, 0.3) is 0 Å². The highest BCUT2D eigenvalue weighted by molar-refractivity contribution is 5.92. The van der Waals surface area contributed by atoms with Gasteiger partial charge >= 0.3 is 0 Å². The summed E-state index contributed by atoms with van der Waals surface area (Å²) in [5.41, 5.74) is 3.98. The minimum absolute atomic E-state index is 0.261. The summed E-state index contributed by atoms with van der Waals surface area (Å²) in [7, 11) is 0. The summed E-state index contributed by atoms with van der Waals surface area (Å²) in [5, 5.41) is 0. The molecule has 0 aliphatic heterocycles. The number of benzene rings is 1. The number of amides is 1. The molecule has 0 atom stereocenters. The second-order valence-corrected chi connectivity index (χ2v) is 3.80. The van der Waals surface area contributed by atoms with Crippen LogP contribution in [0.5, 0.6) is 0 Å². The van der Waals surface area contributed by atoms with Crippen molar-refractivity contribution in [3.05, 3.63) is 59.9 Å². The van der Waals surface area contributed by atoms with Crippen LogP contribution < -0.4 is 11.3 Å². The van der Waals surface area contributed by atoms with Crippen molar-refractivity contribution < 1.29 is 4.79 Å². The predicted octanol–water partition coefficient (Wildman–Crippen LogP) is 1.33. The van der Waals surface area contributed by atoms with Gasteiger partial charge in [0.15, 0.2) is 0 Å². The van der Waals surface area contributed by atoms with E-state index in [9.17, 15) is 4.79 Å². The van der Waals surface area contributed by atoms with E-state index in [4.69, 9.17) is 5.84 Å². The van der Waals surface area contributed by atoms with E-state index >= 15 is 0 Å². The Balaban J connectivity index is 2.05. The highest BCUT2D eigenvalue weighted by Gasteiger charge is 2.08. The van der Waals surface area contributed by atoms with Crippen molar-refractivity contribution in [2.24, 2.45) is 5.84 Å². The van der Waals surface area contributed by atoms with Crippen LogP contribution in [0.2, 0.25) is 0 Å². The maximum Gasteiger partial charge on any atom is 0.281 e. The Labute approximate surface area is 100 Å². The molecule has 0 saturated heterocycles. The summed E-state index contributed by atoms with van der Waals surface area (Å²) in [6, 6.07) is 13.8. The highest BCUT2D eigenvalue weighted by Crippen LogP contribution is 2.06. The van der Waals surface area contributed by atoms with Crippen molar-refractivity contribution >= 4 is 5.91 Å². The molecule has 0 aliphatic rings. The first-order valence-electron chi connectivity index (χ1n) is 5.51. The summed E-state index contributed by atoms with van der Waals surface area (Å²) in [6.07, 6.45) is 2.77. The minimum Gasteiger partial charge on any atom is -0.343 e. The summed E-state index contributed by atoms with van der Waals surface area (Å²) in [4.78, 5) is 11.4. The molecule has 0 spiro atoms. The third-order valence-corrected chi connectivity index (χ3v) is 2.68. The molecule has 3 N–H and O–H groups in total. The second-order valence-electron chi connectivity index (χ2n) is 3.80. The molecule has 0 radical (unpaired) electrons. The van der Waals surface area contributed by atoms with Crippen molar-refractivity contribution in [2.75, 3.05) is 0 Å². The van der Waals surface area contributed by atoms with Gasteiger partial charge in [0.25, 0.3) is 5.91 Å². The van der Waals surface area contributed by atoms with Gasteiger partial charge in [-0.1, -0.05) is 30.3 Å². The van der Waals surface area contributed by atoms with Crippen LogP contribution in [-0.4, -0.2) is 10.5 Å². The van der Waals surface area contributed by atoms with Gasteiger partial charge < -0.3 is 4.57 Å². The first-order chi connectivity index (χ1) is 8.31. The fraction of sp³-hybridized carbons (Fsp3) is 0.154. The lowest BCUT2D eigenvalue weighted by Crippen LogP contribution is -2.31. The van der Waals surface area contributed by atoms with Crippen LogP contribution >= 0.6 is 0 Å². The molecule has 1 aromatic heterocycles. The number of nitrogen functional groups attached to an aromatic ring is 1. The fourth-order valence-corrected chi connectivity index (χ4v) is 1.78. The summed E-state index contributed by atoms with van der Waals surface area (Å²) in [6.45, 7) is 0.764. The van der Waals surface area contributed by atoms with E-state index in [1.807, 2.05) is 35.0 Å². The van der Waals surface area contributed by atoms with Crippen molar-refractivity contribution in [1.82, 2.24) is 9.99 Å². The largest absolute Gasteiger partial charge is 0.343 e. The number of hydrazine groups is 1. The van der Waals surface area contributed by atoms with Crippen LogP contribution in [0.4, 0.5) is 0 Å². The zero-order chi connectivity index (χ0) is 12.1. The average Bonchev–Trinajstić information content (AvgIpc) is 2.85. The molecule has 0 fully saturated rings. The number of carbonyl (C=O) groups excluding carboxylic acids is 1. The van der Waals surface area contributed by atoms with Gasteiger partial charge in [-0.15, -0.1) is 0 Å². The highest BCUT2D eigenvalue weighted by atomic mass is 16.2. The van der Waals surface area contributed by atoms with Crippen molar-refractivity contribution in [3.8, 4) is 0 Å². The summed E-state index contributed by atoms with van der Waals surface area (Å²) < 4.78 is 1.90. The zero-order valence-corrected chi connectivity index (χ0v) is 9.47. The molecule has 17 heavy (non-hydrogen) atoms. The lowest BCUT2D eigenvalue weighted by atomic mass is 10.1. The van der Waals surface area contributed by atoms with Crippen molar-refractivity contribution in [1.29, 1.82) is 0 Å². The quantitative estimate of drug-likeness (QED) is 0.472. The van der Waals surface area contributed by atoms with Gasteiger partial charge in [-0.25, -0.2) is 5.84 Å². The second kappa shape index (κ2) is 5.32. The Kier molecular flexibility index (Phi) is 3.57. The van der Waals surface area contributed by atoms with E-state index in [1.165, 1.54) is 5.56 Å². The van der Waals surface area contributed by atoms with Crippen LogP contribution in [0, 0.1) is 0 Å². The van der Waals surface area contributed by atoms with Gasteiger partial charge in [-0.05, 0) is 24.1 Å². The monoisotopic (exact) mass is 229 g/mol. The summed E-state index contributed by atoms with van der Waals surface area (Å²) >= 11 is 0. The molecule has 1 heterocycles. The van der Waals surface area contributed by atoms with E-state index < -0.39 is 0 Å². The molecular weight excluding hydrogens is 214 g/mol. The molecule has 0 aliphatic carbocycles. The first kappa shape index (κ1) is 11.4. The Morgan fingerprint density at radius 2 is 1.94 bits per heavy atom. The van der Waals surface area contributed by atoms with Crippen molar-refractivity contribution in [3.63, 3.8) is 0 Å². The van der Waals surface area contributed by atoms with E-state index in [-0.39, 0.29) is 5.91 Å². The number of nitrogens with one attached hydrogen (secondary N) is 1. The van der Waals surface area contributed by atoms with Gasteiger partial charge in [0, 0.05) is 12.7 Å². The smallest absolute Gasteiger partial charge is 0.281 e. The maximum atomic E-state index is 11.4. The zero-order valence-electron chi connectivity index (χ0n) is 9.47. The molecular formula is C13H15N3O. The Morgan fingerprint density at radius 3 is 2.65 bits per heavy atom. The lowest BCUT2D eigenvalue weighted by molar-refractivity contribution is 0.0944. The van der Waals surface area contributed by atoms with Crippen LogP contribution in [-0.2, 0) is 13.0 Å². The Bertz CT molecular complexity index is 490. The predicted molar refractivity (Wildman–Crippen MR) is 66.2 cm³/mol. The minimum atomic E-state index is -0.261. The molecule has 4 heteroatoms. The maximum absolute atomic E-state index is 11.4.